The monoisotopic (exact) mass is 221 g/mol. The van der Waals surface area contributed by atoms with Gasteiger partial charge in [0.2, 0.25) is 11.8 Å². The Morgan fingerprint density at radius 2 is 2.31 bits per heavy atom. The average Bonchev–Trinajstić information content (AvgIpc) is 3.07. The van der Waals surface area contributed by atoms with Crippen molar-refractivity contribution in [2.75, 3.05) is 18.5 Å². The Balaban J connectivity index is 1.91. The number of ether oxygens (including phenoxy) is 1. The number of hydrogen-bond donors (Lipinski definition) is 1. The van der Waals surface area contributed by atoms with Crippen molar-refractivity contribution < 1.29 is 4.74 Å². The van der Waals surface area contributed by atoms with Gasteiger partial charge in [-0.25, -0.2) is 4.98 Å². The summed E-state index contributed by atoms with van der Waals surface area (Å²) in [7, 11) is 0. The molecule has 0 atom stereocenters. The van der Waals surface area contributed by atoms with Crippen LogP contribution in [0, 0.1) is 12.8 Å². The molecule has 0 bridgehead atoms. The number of rotatable bonds is 6. The first-order valence-corrected chi connectivity index (χ1v) is 6.00. The van der Waals surface area contributed by atoms with Gasteiger partial charge in [-0.1, -0.05) is 12.8 Å². The molecule has 4 heteroatoms. The van der Waals surface area contributed by atoms with Crippen LogP contribution >= 0.6 is 0 Å². The minimum atomic E-state index is 0.648. The van der Waals surface area contributed by atoms with Crippen molar-refractivity contribution in [3.05, 3.63) is 11.8 Å². The number of aromatic nitrogens is 2. The number of hydrogen-bond acceptors (Lipinski definition) is 4. The SMILES string of the molecule is CCNc1ncc(C)c(OCCC2CC2)n1. The smallest absolute Gasteiger partial charge is 0.225 e. The summed E-state index contributed by atoms with van der Waals surface area (Å²) in [6.07, 6.45) is 5.70. The normalized spacial score (nSPS) is 14.9. The fraction of sp³-hybridized carbons (Fsp3) is 0.667. The molecule has 0 spiro atoms. The highest BCUT2D eigenvalue weighted by Crippen LogP contribution is 2.32. The molecule has 1 heterocycles. The maximum absolute atomic E-state index is 5.68. The molecule has 0 aliphatic heterocycles. The Kier molecular flexibility index (Phi) is 3.59. The molecule has 0 unspecified atom stereocenters. The summed E-state index contributed by atoms with van der Waals surface area (Å²) >= 11 is 0. The molecule has 1 N–H and O–H groups in total. The second kappa shape index (κ2) is 5.14. The van der Waals surface area contributed by atoms with Gasteiger partial charge in [0.05, 0.1) is 6.61 Å². The van der Waals surface area contributed by atoms with E-state index in [9.17, 15) is 0 Å². The maximum atomic E-state index is 5.68. The van der Waals surface area contributed by atoms with Crippen molar-refractivity contribution in [2.24, 2.45) is 5.92 Å². The zero-order valence-electron chi connectivity index (χ0n) is 9.99. The molecule has 4 nitrogen and oxygen atoms in total. The molecule has 0 radical (unpaired) electrons. The first-order valence-electron chi connectivity index (χ1n) is 6.00. The van der Waals surface area contributed by atoms with E-state index in [1.54, 1.807) is 6.20 Å². The van der Waals surface area contributed by atoms with E-state index >= 15 is 0 Å². The van der Waals surface area contributed by atoms with E-state index < -0.39 is 0 Å². The summed E-state index contributed by atoms with van der Waals surface area (Å²) in [5.41, 5.74) is 0.998. The molecular weight excluding hydrogens is 202 g/mol. The fourth-order valence-corrected chi connectivity index (χ4v) is 1.54. The number of anilines is 1. The summed E-state index contributed by atoms with van der Waals surface area (Å²) in [5, 5.41) is 3.08. The summed E-state index contributed by atoms with van der Waals surface area (Å²) in [5.74, 6) is 2.26. The number of aryl methyl sites for hydroxylation is 1. The predicted octanol–water partition coefficient (Wildman–Crippen LogP) is 2.40. The van der Waals surface area contributed by atoms with Crippen molar-refractivity contribution >= 4 is 5.95 Å². The summed E-state index contributed by atoms with van der Waals surface area (Å²) in [6.45, 7) is 5.59. The van der Waals surface area contributed by atoms with Gasteiger partial charge in [-0.2, -0.15) is 4.98 Å². The lowest BCUT2D eigenvalue weighted by atomic mass is 10.3. The average molecular weight is 221 g/mol. The molecule has 1 aromatic rings. The van der Waals surface area contributed by atoms with E-state index in [0.717, 1.165) is 31.1 Å². The van der Waals surface area contributed by atoms with Crippen LogP contribution in [-0.2, 0) is 0 Å². The third-order valence-corrected chi connectivity index (χ3v) is 2.72. The zero-order chi connectivity index (χ0) is 11.4. The highest BCUT2D eigenvalue weighted by Gasteiger charge is 2.20. The highest BCUT2D eigenvalue weighted by atomic mass is 16.5. The minimum absolute atomic E-state index is 0.648. The molecule has 1 fully saturated rings. The third kappa shape index (κ3) is 3.08. The van der Waals surface area contributed by atoms with Crippen molar-refractivity contribution in [3.8, 4) is 5.88 Å². The Morgan fingerprint density at radius 1 is 1.50 bits per heavy atom. The lowest BCUT2D eigenvalue weighted by Crippen LogP contribution is -2.06. The van der Waals surface area contributed by atoms with Gasteiger partial charge in [0.15, 0.2) is 0 Å². The Bertz CT molecular complexity index is 350. The van der Waals surface area contributed by atoms with E-state index in [1.165, 1.54) is 12.8 Å². The first-order chi connectivity index (χ1) is 7.79. The molecule has 1 saturated carbocycles. The van der Waals surface area contributed by atoms with Crippen LogP contribution < -0.4 is 10.1 Å². The zero-order valence-corrected chi connectivity index (χ0v) is 9.99. The van der Waals surface area contributed by atoms with Gasteiger partial charge in [-0.05, 0) is 26.2 Å². The predicted molar refractivity (Wildman–Crippen MR) is 63.8 cm³/mol. The van der Waals surface area contributed by atoms with Crippen LogP contribution in [0.1, 0.15) is 31.7 Å². The second-order valence-corrected chi connectivity index (χ2v) is 4.29. The summed E-state index contributed by atoms with van der Waals surface area (Å²) in [4.78, 5) is 8.52. The molecule has 0 saturated heterocycles. The summed E-state index contributed by atoms with van der Waals surface area (Å²) in [6, 6.07) is 0. The number of nitrogens with zero attached hydrogens (tertiary/aromatic N) is 2. The van der Waals surface area contributed by atoms with Crippen LogP contribution in [0.25, 0.3) is 0 Å². The molecule has 0 aromatic carbocycles. The van der Waals surface area contributed by atoms with E-state index in [2.05, 4.69) is 15.3 Å². The van der Waals surface area contributed by atoms with E-state index in [4.69, 9.17) is 4.74 Å². The largest absolute Gasteiger partial charge is 0.477 e. The van der Waals surface area contributed by atoms with Crippen LogP contribution in [0.5, 0.6) is 5.88 Å². The standard InChI is InChI=1S/C12H19N3O/c1-3-13-12-14-8-9(2)11(15-12)16-7-6-10-4-5-10/h8,10H,3-7H2,1-2H3,(H,13,14,15). The lowest BCUT2D eigenvalue weighted by molar-refractivity contribution is 0.289. The van der Waals surface area contributed by atoms with Crippen molar-refractivity contribution in [2.45, 2.75) is 33.1 Å². The van der Waals surface area contributed by atoms with Crippen LogP contribution in [-0.4, -0.2) is 23.1 Å². The molecule has 88 valence electrons. The lowest BCUT2D eigenvalue weighted by Gasteiger charge is -2.09. The maximum Gasteiger partial charge on any atom is 0.225 e. The first kappa shape index (κ1) is 11.2. The van der Waals surface area contributed by atoms with Crippen molar-refractivity contribution in [1.29, 1.82) is 0 Å². The van der Waals surface area contributed by atoms with E-state index in [-0.39, 0.29) is 0 Å². The van der Waals surface area contributed by atoms with Crippen LogP contribution in [0.4, 0.5) is 5.95 Å². The Labute approximate surface area is 96.4 Å². The van der Waals surface area contributed by atoms with Gasteiger partial charge in [0, 0.05) is 18.3 Å². The quantitative estimate of drug-likeness (QED) is 0.801. The second-order valence-electron chi connectivity index (χ2n) is 4.29. The summed E-state index contributed by atoms with van der Waals surface area (Å²) < 4.78 is 5.68. The Morgan fingerprint density at radius 3 is 3.00 bits per heavy atom. The highest BCUT2D eigenvalue weighted by molar-refractivity contribution is 5.32. The van der Waals surface area contributed by atoms with Crippen LogP contribution in [0.3, 0.4) is 0 Å². The fourth-order valence-electron chi connectivity index (χ4n) is 1.54. The van der Waals surface area contributed by atoms with Gasteiger partial charge in [0.1, 0.15) is 0 Å². The molecule has 1 aliphatic rings. The van der Waals surface area contributed by atoms with E-state index in [1.807, 2.05) is 13.8 Å². The van der Waals surface area contributed by atoms with E-state index in [0.29, 0.717) is 11.8 Å². The van der Waals surface area contributed by atoms with Crippen LogP contribution in [0.2, 0.25) is 0 Å². The molecule has 1 aromatic heterocycles. The minimum Gasteiger partial charge on any atom is -0.477 e. The number of nitrogens with one attached hydrogen (secondary N) is 1. The topological polar surface area (TPSA) is 47.0 Å². The van der Waals surface area contributed by atoms with Crippen molar-refractivity contribution in [1.82, 2.24) is 9.97 Å². The third-order valence-electron chi connectivity index (χ3n) is 2.72. The van der Waals surface area contributed by atoms with Crippen LogP contribution in [0.15, 0.2) is 6.20 Å². The van der Waals surface area contributed by atoms with Gasteiger partial charge < -0.3 is 10.1 Å². The molecule has 2 rings (SSSR count). The van der Waals surface area contributed by atoms with Crippen molar-refractivity contribution in [3.63, 3.8) is 0 Å². The molecular formula is C12H19N3O. The molecule has 1 aliphatic carbocycles. The van der Waals surface area contributed by atoms with Gasteiger partial charge in [-0.3, -0.25) is 0 Å². The van der Waals surface area contributed by atoms with Gasteiger partial charge in [-0.15, -0.1) is 0 Å². The Hall–Kier alpha value is -1.32. The van der Waals surface area contributed by atoms with Gasteiger partial charge >= 0.3 is 0 Å². The van der Waals surface area contributed by atoms with Gasteiger partial charge in [0.25, 0.3) is 0 Å². The molecule has 0 amide bonds. The molecule has 16 heavy (non-hydrogen) atoms.